The summed E-state index contributed by atoms with van der Waals surface area (Å²) < 4.78 is 12.8. The minimum atomic E-state index is 0.535. The van der Waals surface area contributed by atoms with Gasteiger partial charge in [0.1, 0.15) is 5.82 Å². The summed E-state index contributed by atoms with van der Waals surface area (Å²) in [6, 6.07) is 6.00. The fraction of sp³-hybridized carbons (Fsp3) is 0.471. The van der Waals surface area contributed by atoms with Gasteiger partial charge in [0.15, 0.2) is 11.5 Å². The fourth-order valence-electron chi connectivity index (χ4n) is 2.45. The van der Waals surface area contributed by atoms with Crippen LogP contribution in [0.25, 0.3) is 0 Å². The molecule has 0 radical (unpaired) electrons. The summed E-state index contributed by atoms with van der Waals surface area (Å²) in [7, 11) is 3.31. The van der Waals surface area contributed by atoms with Crippen molar-refractivity contribution in [3.63, 3.8) is 0 Å². The number of aryl methyl sites for hydroxylation is 1. The topological polar surface area (TPSA) is 48.3 Å². The van der Waals surface area contributed by atoms with Gasteiger partial charge < -0.3 is 19.4 Å². The van der Waals surface area contributed by atoms with E-state index in [9.17, 15) is 0 Å². The molecule has 0 spiro atoms. The van der Waals surface area contributed by atoms with Crippen LogP contribution in [0.5, 0.6) is 11.5 Å². The zero-order valence-corrected chi connectivity index (χ0v) is 13.8. The van der Waals surface area contributed by atoms with Crippen LogP contribution in [0.4, 0.5) is 0 Å². The van der Waals surface area contributed by atoms with Gasteiger partial charge in [-0.1, -0.05) is 13.0 Å². The lowest BCUT2D eigenvalue weighted by Crippen LogP contribution is -2.24. The lowest BCUT2D eigenvalue weighted by molar-refractivity contribution is 0.354. The van der Waals surface area contributed by atoms with Crippen molar-refractivity contribution in [3.05, 3.63) is 42.0 Å². The van der Waals surface area contributed by atoms with Crippen molar-refractivity contribution in [1.82, 2.24) is 14.9 Å². The molecule has 1 aromatic heterocycles. The monoisotopic (exact) mass is 303 g/mol. The predicted molar refractivity (Wildman–Crippen MR) is 87.4 cm³/mol. The minimum absolute atomic E-state index is 0.535. The van der Waals surface area contributed by atoms with Gasteiger partial charge in [-0.25, -0.2) is 4.98 Å². The van der Waals surface area contributed by atoms with Crippen molar-refractivity contribution in [2.24, 2.45) is 5.92 Å². The first kappa shape index (κ1) is 16.4. The van der Waals surface area contributed by atoms with Crippen molar-refractivity contribution < 1.29 is 9.47 Å². The molecule has 1 N–H and O–H groups in total. The number of benzene rings is 1. The maximum Gasteiger partial charge on any atom is 0.161 e. The number of nitrogens with zero attached hydrogens (tertiary/aromatic N) is 2. The van der Waals surface area contributed by atoms with Crippen molar-refractivity contribution in [2.75, 3.05) is 20.8 Å². The third kappa shape index (κ3) is 4.24. The molecule has 0 fully saturated rings. The Kier molecular flexibility index (Phi) is 5.83. The second kappa shape index (κ2) is 7.84. The molecule has 0 saturated carbocycles. The summed E-state index contributed by atoms with van der Waals surface area (Å²) in [6.07, 6.45) is 3.87. The molecule has 5 nitrogen and oxygen atoms in total. The molecule has 0 bridgehead atoms. The number of ether oxygens (including phenoxy) is 2. The molecule has 22 heavy (non-hydrogen) atoms. The minimum Gasteiger partial charge on any atom is -0.493 e. The lowest BCUT2D eigenvalue weighted by atomic mass is 10.1. The summed E-state index contributed by atoms with van der Waals surface area (Å²) >= 11 is 0. The largest absolute Gasteiger partial charge is 0.493 e. The van der Waals surface area contributed by atoms with Gasteiger partial charge >= 0.3 is 0 Å². The first-order valence-electron chi connectivity index (χ1n) is 7.53. The molecule has 5 heteroatoms. The van der Waals surface area contributed by atoms with Gasteiger partial charge in [-0.2, -0.15) is 0 Å². The van der Waals surface area contributed by atoms with Crippen LogP contribution in [-0.2, 0) is 13.1 Å². The quantitative estimate of drug-likeness (QED) is 0.814. The van der Waals surface area contributed by atoms with E-state index in [1.54, 1.807) is 14.2 Å². The summed E-state index contributed by atoms with van der Waals surface area (Å²) in [5, 5.41) is 3.49. The van der Waals surface area contributed by atoms with E-state index < -0.39 is 0 Å². The second-order valence-corrected chi connectivity index (χ2v) is 5.55. The van der Waals surface area contributed by atoms with Gasteiger partial charge in [-0.3, -0.25) is 0 Å². The Labute approximate surface area is 132 Å². The van der Waals surface area contributed by atoms with Gasteiger partial charge in [0.05, 0.1) is 14.2 Å². The standard InChI is InChI=1S/C17H25N3O2/c1-13(12-20-8-7-19-14(20)2)10-18-11-15-5-6-16(21-3)17(9-15)22-4/h5-9,13,18H,10-12H2,1-4H3. The molecule has 1 heterocycles. The van der Waals surface area contributed by atoms with Crippen molar-refractivity contribution in [2.45, 2.75) is 26.9 Å². The SMILES string of the molecule is COc1ccc(CNCC(C)Cn2ccnc2C)cc1OC. The number of imidazole rings is 1. The number of aromatic nitrogens is 2. The Morgan fingerprint density at radius 2 is 2.00 bits per heavy atom. The molecule has 1 aromatic carbocycles. The van der Waals surface area contributed by atoms with Crippen LogP contribution < -0.4 is 14.8 Å². The molecule has 2 rings (SSSR count). The van der Waals surface area contributed by atoms with Crippen LogP contribution in [0.15, 0.2) is 30.6 Å². The fourth-order valence-corrected chi connectivity index (χ4v) is 2.45. The molecule has 0 aliphatic carbocycles. The Morgan fingerprint density at radius 1 is 1.23 bits per heavy atom. The maximum absolute atomic E-state index is 5.32. The van der Waals surface area contributed by atoms with Crippen molar-refractivity contribution in [3.8, 4) is 11.5 Å². The maximum atomic E-state index is 5.32. The summed E-state index contributed by atoms with van der Waals surface area (Å²) in [6.45, 7) is 7.01. The van der Waals surface area contributed by atoms with Crippen LogP contribution in [0, 0.1) is 12.8 Å². The average Bonchev–Trinajstić information content (AvgIpc) is 2.92. The van der Waals surface area contributed by atoms with Gasteiger partial charge in [-0.05, 0) is 37.1 Å². The number of hydrogen-bond donors (Lipinski definition) is 1. The van der Waals surface area contributed by atoms with E-state index in [0.29, 0.717) is 5.92 Å². The van der Waals surface area contributed by atoms with Gasteiger partial charge in [0, 0.05) is 25.5 Å². The van der Waals surface area contributed by atoms with E-state index in [1.807, 2.05) is 31.5 Å². The van der Waals surface area contributed by atoms with Gasteiger partial charge in [0.2, 0.25) is 0 Å². The Bertz CT molecular complexity index is 595. The zero-order valence-electron chi connectivity index (χ0n) is 13.8. The van der Waals surface area contributed by atoms with Crippen molar-refractivity contribution >= 4 is 0 Å². The molecular formula is C17H25N3O2. The van der Waals surface area contributed by atoms with E-state index in [2.05, 4.69) is 27.9 Å². The van der Waals surface area contributed by atoms with E-state index >= 15 is 0 Å². The van der Waals surface area contributed by atoms with E-state index in [4.69, 9.17) is 9.47 Å². The summed E-state index contributed by atoms with van der Waals surface area (Å²) in [4.78, 5) is 4.25. The summed E-state index contributed by atoms with van der Waals surface area (Å²) in [5.41, 5.74) is 1.18. The number of rotatable bonds is 8. The van der Waals surface area contributed by atoms with E-state index in [-0.39, 0.29) is 0 Å². The van der Waals surface area contributed by atoms with E-state index in [0.717, 1.165) is 37.0 Å². The number of methoxy groups -OCH3 is 2. The first-order valence-corrected chi connectivity index (χ1v) is 7.53. The number of hydrogen-bond acceptors (Lipinski definition) is 4. The smallest absolute Gasteiger partial charge is 0.161 e. The molecule has 0 aliphatic rings. The number of nitrogens with one attached hydrogen (secondary N) is 1. The highest BCUT2D eigenvalue weighted by molar-refractivity contribution is 5.42. The molecule has 0 aliphatic heterocycles. The van der Waals surface area contributed by atoms with Crippen LogP contribution in [0.1, 0.15) is 18.3 Å². The molecule has 120 valence electrons. The van der Waals surface area contributed by atoms with Gasteiger partial charge in [0.25, 0.3) is 0 Å². The van der Waals surface area contributed by atoms with Crippen LogP contribution in [0.2, 0.25) is 0 Å². The average molecular weight is 303 g/mol. The summed E-state index contributed by atoms with van der Waals surface area (Å²) in [5.74, 6) is 3.12. The van der Waals surface area contributed by atoms with Crippen LogP contribution >= 0.6 is 0 Å². The highest BCUT2D eigenvalue weighted by atomic mass is 16.5. The highest BCUT2D eigenvalue weighted by Gasteiger charge is 2.07. The second-order valence-electron chi connectivity index (χ2n) is 5.55. The molecule has 0 amide bonds. The predicted octanol–water partition coefficient (Wildman–Crippen LogP) is 2.63. The van der Waals surface area contributed by atoms with Crippen LogP contribution in [0.3, 0.4) is 0 Å². The third-order valence-electron chi connectivity index (χ3n) is 3.70. The molecule has 0 saturated heterocycles. The molecule has 2 aromatic rings. The van der Waals surface area contributed by atoms with E-state index in [1.165, 1.54) is 5.56 Å². The molecular weight excluding hydrogens is 278 g/mol. The first-order chi connectivity index (χ1) is 10.6. The zero-order chi connectivity index (χ0) is 15.9. The third-order valence-corrected chi connectivity index (χ3v) is 3.70. The molecule has 1 unspecified atom stereocenters. The van der Waals surface area contributed by atoms with Crippen molar-refractivity contribution in [1.29, 1.82) is 0 Å². The highest BCUT2D eigenvalue weighted by Crippen LogP contribution is 2.27. The Morgan fingerprint density at radius 3 is 2.64 bits per heavy atom. The molecule has 1 atom stereocenters. The lowest BCUT2D eigenvalue weighted by Gasteiger charge is -2.15. The van der Waals surface area contributed by atoms with Crippen LogP contribution in [-0.4, -0.2) is 30.3 Å². The Hall–Kier alpha value is -2.01. The normalized spacial score (nSPS) is 12.2. The van der Waals surface area contributed by atoms with Gasteiger partial charge in [-0.15, -0.1) is 0 Å². The Balaban J connectivity index is 1.82.